The van der Waals surface area contributed by atoms with Crippen molar-refractivity contribution < 1.29 is 26.6 Å². The average molecular weight is 405 g/mol. The molecule has 0 aromatic rings. The van der Waals surface area contributed by atoms with Crippen LogP contribution in [0.5, 0.6) is 0 Å². The number of hydroxylamine groups is 1. The molecule has 108 valence electrons. The summed E-state index contributed by atoms with van der Waals surface area (Å²) < 4.78 is 0.819. The van der Waals surface area contributed by atoms with Gasteiger partial charge in [0.1, 0.15) is 0 Å². The Morgan fingerprint density at radius 1 is 1.06 bits per heavy atom. The molecule has 1 rings (SSSR count). The van der Waals surface area contributed by atoms with Gasteiger partial charge in [-0.1, -0.05) is 29.0 Å². The van der Waals surface area contributed by atoms with Crippen molar-refractivity contribution in [1.29, 1.82) is 0 Å². The first-order valence-corrected chi connectivity index (χ1v) is 6.73. The van der Waals surface area contributed by atoms with E-state index in [1.54, 1.807) is 35.2 Å². The number of hydrogen-bond donors (Lipinski definition) is 0. The zero-order valence-corrected chi connectivity index (χ0v) is 16.3. The molecule has 0 heterocycles. The summed E-state index contributed by atoms with van der Waals surface area (Å²) in [6.07, 6.45) is 4.05. The van der Waals surface area contributed by atoms with Gasteiger partial charge in [-0.25, -0.2) is 0 Å². The maximum absolute atomic E-state index is 5.01. The van der Waals surface area contributed by atoms with Gasteiger partial charge in [-0.2, -0.15) is 28.2 Å². The molecule has 1 aliphatic carbocycles. The van der Waals surface area contributed by atoms with Crippen LogP contribution in [-0.4, -0.2) is 45.8 Å². The molecule has 2 atom stereocenters. The molecule has 6 heteroatoms. The Labute approximate surface area is 143 Å². The molecule has 0 radical (unpaired) electrons. The molecule has 0 amide bonds. The van der Waals surface area contributed by atoms with Gasteiger partial charge in [-0.3, -0.25) is 0 Å². The molecule has 1 aliphatic rings. The Hall–Kier alpha value is 1.28. The largest absolute Gasteiger partial charge is 4.00 e. The SMILES string of the molecule is C[N-]C.C[N-]C.C[N-]OCC1CCCC1I.[CH3-].[Ti+4]. The van der Waals surface area contributed by atoms with Gasteiger partial charge in [0.2, 0.25) is 0 Å². The van der Waals surface area contributed by atoms with E-state index in [2.05, 4.69) is 38.7 Å². The van der Waals surface area contributed by atoms with E-state index in [1.807, 2.05) is 0 Å². The van der Waals surface area contributed by atoms with Crippen LogP contribution in [0, 0.1) is 13.3 Å². The second kappa shape index (κ2) is 23.4. The van der Waals surface area contributed by atoms with Gasteiger partial charge in [-0.15, -0.1) is 7.05 Å². The molecular weight excluding hydrogens is 377 g/mol. The quantitative estimate of drug-likeness (QED) is 0.228. The summed E-state index contributed by atoms with van der Waals surface area (Å²) in [5.41, 5.74) is 3.63. The van der Waals surface area contributed by atoms with Crippen molar-refractivity contribution in [3.8, 4) is 0 Å². The van der Waals surface area contributed by atoms with Crippen molar-refractivity contribution in [2.75, 3.05) is 41.8 Å². The van der Waals surface area contributed by atoms with Crippen LogP contribution >= 0.6 is 22.6 Å². The van der Waals surface area contributed by atoms with E-state index in [-0.39, 0.29) is 29.1 Å². The van der Waals surface area contributed by atoms with Crippen molar-refractivity contribution in [2.45, 2.75) is 23.2 Å². The van der Waals surface area contributed by atoms with Crippen LogP contribution in [0.25, 0.3) is 16.1 Å². The topological polar surface area (TPSA) is 51.5 Å². The van der Waals surface area contributed by atoms with Gasteiger partial charge >= 0.3 is 21.7 Å². The summed E-state index contributed by atoms with van der Waals surface area (Å²) in [6.45, 7) is 0.824. The van der Waals surface area contributed by atoms with E-state index in [0.29, 0.717) is 0 Å². The fraction of sp³-hybridized carbons (Fsp3) is 0.917. The molecule has 0 aromatic heterocycles. The van der Waals surface area contributed by atoms with Gasteiger partial charge in [0.25, 0.3) is 0 Å². The normalized spacial score (nSPS) is 20.3. The zero-order chi connectivity index (χ0) is 12.8. The fourth-order valence-electron chi connectivity index (χ4n) is 1.35. The molecule has 1 fully saturated rings. The van der Waals surface area contributed by atoms with Crippen LogP contribution in [0.3, 0.4) is 0 Å². The van der Waals surface area contributed by atoms with Crippen molar-refractivity contribution in [2.24, 2.45) is 5.92 Å². The van der Waals surface area contributed by atoms with Crippen LogP contribution in [0.4, 0.5) is 0 Å². The van der Waals surface area contributed by atoms with Gasteiger partial charge in [-0.05, 0) is 18.8 Å². The van der Waals surface area contributed by atoms with Crippen LogP contribution in [0.2, 0.25) is 0 Å². The van der Waals surface area contributed by atoms with Crippen LogP contribution in [-0.2, 0) is 26.6 Å². The number of nitrogens with zero attached hydrogens (tertiary/aromatic N) is 3. The minimum Gasteiger partial charge on any atom is -0.668 e. The maximum atomic E-state index is 5.01. The first-order chi connectivity index (χ1) is 7.67. The Kier molecular flexibility index (Phi) is 35.8. The van der Waals surface area contributed by atoms with E-state index in [9.17, 15) is 0 Å². The van der Waals surface area contributed by atoms with Gasteiger partial charge < -0.3 is 28.4 Å². The fourth-order valence-corrected chi connectivity index (χ4v) is 2.36. The molecule has 0 saturated heterocycles. The zero-order valence-electron chi connectivity index (χ0n) is 12.6. The molecule has 0 aliphatic heterocycles. The molecule has 0 N–H and O–H groups in total. The number of halogens is 1. The van der Waals surface area contributed by atoms with Crippen molar-refractivity contribution in [3.63, 3.8) is 0 Å². The maximum Gasteiger partial charge on any atom is 4.00 e. The molecule has 4 nitrogen and oxygen atoms in total. The van der Waals surface area contributed by atoms with E-state index >= 15 is 0 Å². The standard InChI is InChI=1S/C7H13INO.2C2H6N.CH3.Ti/c1-9-10-5-6-3-2-4-7(6)8;2*1-3-2;;/h6-7H,2-5H2,1H3;2*1-2H3;1H3;/q4*-1;+4. The third-order valence-corrected chi connectivity index (χ3v) is 3.62. The van der Waals surface area contributed by atoms with E-state index in [1.165, 1.54) is 19.3 Å². The third kappa shape index (κ3) is 19.6. The summed E-state index contributed by atoms with van der Waals surface area (Å²) in [5.74, 6) is 0.754. The number of rotatable bonds is 3. The second-order valence-electron chi connectivity index (χ2n) is 3.58. The summed E-state index contributed by atoms with van der Waals surface area (Å²) >= 11 is 2.51. The Balaban J connectivity index is -0.000000106. The summed E-state index contributed by atoms with van der Waals surface area (Å²) in [7, 11) is 8.69. The first kappa shape index (κ1) is 27.6. The van der Waals surface area contributed by atoms with Crippen molar-refractivity contribution in [1.82, 2.24) is 0 Å². The van der Waals surface area contributed by atoms with Gasteiger partial charge in [0.05, 0.1) is 0 Å². The average Bonchev–Trinajstić information content (AvgIpc) is 2.63. The van der Waals surface area contributed by atoms with E-state index in [4.69, 9.17) is 4.84 Å². The Bertz CT molecular complexity index is 132. The summed E-state index contributed by atoms with van der Waals surface area (Å²) in [4.78, 5) is 5.01. The smallest absolute Gasteiger partial charge is 0.668 e. The van der Waals surface area contributed by atoms with Gasteiger partial charge in [0.15, 0.2) is 0 Å². The predicted octanol–water partition coefficient (Wildman–Crippen LogP) is 4.21. The minimum atomic E-state index is 0. The van der Waals surface area contributed by atoms with Crippen LogP contribution < -0.4 is 0 Å². The molecular formula is C12H28IN3OTi. The van der Waals surface area contributed by atoms with E-state index < -0.39 is 0 Å². The summed E-state index contributed by atoms with van der Waals surface area (Å²) in [6, 6.07) is 0. The number of alkyl halides is 1. The predicted molar refractivity (Wildman–Crippen MR) is 87.2 cm³/mol. The Morgan fingerprint density at radius 2 is 1.50 bits per heavy atom. The van der Waals surface area contributed by atoms with Gasteiger partial charge in [0, 0.05) is 10.5 Å². The Morgan fingerprint density at radius 3 is 1.78 bits per heavy atom. The first-order valence-electron chi connectivity index (χ1n) is 5.48. The van der Waals surface area contributed by atoms with Crippen molar-refractivity contribution in [3.05, 3.63) is 23.5 Å². The molecule has 0 bridgehead atoms. The van der Waals surface area contributed by atoms with Crippen molar-refractivity contribution >= 4 is 22.6 Å². The molecule has 18 heavy (non-hydrogen) atoms. The minimum absolute atomic E-state index is 0. The summed E-state index contributed by atoms with van der Waals surface area (Å²) in [5, 5.41) is 7.00. The van der Waals surface area contributed by atoms with Crippen LogP contribution in [0.1, 0.15) is 19.3 Å². The van der Waals surface area contributed by atoms with Crippen LogP contribution in [0.15, 0.2) is 0 Å². The molecule has 0 aromatic carbocycles. The third-order valence-electron chi connectivity index (χ3n) is 1.98. The van der Waals surface area contributed by atoms with E-state index in [0.717, 1.165) is 16.4 Å². The second-order valence-corrected chi connectivity index (χ2v) is 5.18. The number of hydrogen-bond acceptors (Lipinski definition) is 1. The molecule has 2 unspecified atom stereocenters. The monoisotopic (exact) mass is 405 g/mol. The molecule has 1 saturated carbocycles. The molecule has 0 spiro atoms.